The number of furan rings is 1. The van der Waals surface area contributed by atoms with E-state index >= 15 is 0 Å². The summed E-state index contributed by atoms with van der Waals surface area (Å²) in [5, 5.41) is 3.44. The summed E-state index contributed by atoms with van der Waals surface area (Å²) in [6.07, 6.45) is 5.25. The number of amides is 2. The topological polar surface area (TPSA) is 90.2 Å². The van der Waals surface area contributed by atoms with Crippen LogP contribution in [0.15, 0.2) is 59.2 Å². The zero-order valence-electron chi connectivity index (χ0n) is 20.5. The first kappa shape index (κ1) is 25.4. The fraction of sp³-hybridized carbons (Fsp3) is 0.333. The number of halogens is 1. The Morgan fingerprint density at radius 2 is 1.67 bits per heavy atom. The number of rotatable bonds is 9. The van der Waals surface area contributed by atoms with Crippen LogP contribution in [0.3, 0.4) is 0 Å². The number of nitrogens with zero attached hydrogens (tertiary/aromatic N) is 1. The molecule has 8 nitrogen and oxygen atoms in total. The van der Waals surface area contributed by atoms with Crippen molar-refractivity contribution in [2.75, 3.05) is 26.2 Å². The molecule has 0 bridgehead atoms. The Hall–Kier alpha value is -3.65. The minimum absolute atomic E-state index is 0.0221. The number of methoxy groups -OCH3 is 3. The zero-order chi connectivity index (χ0) is 25.7. The van der Waals surface area contributed by atoms with E-state index in [2.05, 4.69) is 5.32 Å². The Kier molecular flexibility index (Phi) is 8.05. The largest absolute Gasteiger partial charge is 0.493 e. The monoisotopic (exact) mass is 512 g/mol. The van der Waals surface area contributed by atoms with Gasteiger partial charge in [-0.25, -0.2) is 0 Å². The number of hydrogen-bond donors (Lipinski definition) is 1. The summed E-state index contributed by atoms with van der Waals surface area (Å²) in [6, 6.07) is 12.3. The van der Waals surface area contributed by atoms with Crippen molar-refractivity contribution in [3.8, 4) is 17.2 Å². The molecule has 1 heterocycles. The summed E-state index contributed by atoms with van der Waals surface area (Å²) in [4.78, 5) is 29.2. The van der Waals surface area contributed by atoms with Crippen LogP contribution in [0.1, 0.15) is 47.8 Å². The van der Waals surface area contributed by atoms with Crippen LogP contribution < -0.4 is 24.4 Å². The average molecular weight is 513 g/mol. The predicted octanol–water partition coefficient (Wildman–Crippen LogP) is 5.41. The second kappa shape index (κ2) is 11.4. The lowest BCUT2D eigenvalue weighted by Gasteiger charge is -2.32. The molecule has 0 radical (unpaired) electrons. The maximum absolute atomic E-state index is 14.0. The third-order valence-electron chi connectivity index (χ3n) is 6.27. The molecular weight excluding hydrogens is 484 g/mol. The lowest BCUT2D eigenvalue weighted by atomic mass is 10.0. The summed E-state index contributed by atoms with van der Waals surface area (Å²) in [5.74, 6) is 0.288. The molecule has 0 spiro atoms. The van der Waals surface area contributed by atoms with Crippen molar-refractivity contribution in [1.82, 2.24) is 5.32 Å². The molecule has 1 N–H and O–H groups in total. The van der Waals surface area contributed by atoms with Gasteiger partial charge < -0.3 is 23.9 Å². The van der Waals surface area contributed by atoms with Crippen LogP contribution in [0.4, 0.5) is 5.69 Å². The van der Waals surface area contributed by atoms with E-state index in [-0.39, 0.29) is 17.7 Å². The van der Waals surface area contributed by atoms with Crippen molar-refractivity contribution in [2.24, 2.45) is 0 Å². The summed E-state index contributed by atoms with van der Waals surface area (Å²) < 4.78 is 22.0. The molecule has 9 heteroatoms. The smallest absolute Gasteiger partial charge is 0.295 e. The number of nitrogens with one attached hydrogen (secondary N) is 1. The number of carbonyl (C=O) groups excluding carboxylic acids is 2. The van der Waals surface area contributed by atoms with E-state index in [1.807, 2.05) is 0 Å². The SMILES string of the molecule is COc1cc([C@H](C(=O)NC2CCCC2)N(C(=O)c2ccco2)c2ccccc2Cl)cc(OC)c1OC. The molecule has 1 atom stereocenters. The fourth-order valence-corrected chi connectivity index (χ4v) is 4.79. The Balaban J connectivity index is 1.92. The minimum atomic E-state index is -1.11. The first-order chi connectivity index (χ1) is 17.5. The van der Waals surface area contributed by atoms with Gasteiger partial charge in [0, 0.05) is 6.04 Å². The molecule has 1 aromatic heterocycles. The van der Waals surface area contributed by atoms with Gasteiger partial charge in [0.25, 0.3) is 5.91 Å². The Bertz CT molecular complexity index is 1180. The van der Waals surface area contributed by atoms with Crippen molar-refractivity contribution in [1.29, 1.82) is 0 Å². The van der Waals surface area contributed by atoms with Crippen LogP contribution in [0, 0.1) is 0 Å². The third kappa shape index (κ3) is 5.14. The first-order valence-electron chi connectivity index (χ1n) is 11.7. The average Bonchev–Trinajstić information content (AvgIpc) is 3.61. The highest BCUT2D eigenvalue weighted by Crippen LogP contribution is 2.43. The van der Waals surface area contributed by atoms with Crippen LogP contribution in [-0.2, 0) is 4.79 Å². The van der Waals surface area contributed by atoms with Crippen LogP contribution in [0.25, 0.3) is 0 Å². The third-order valence-corrected chi connectivity index (χ3v) is 6.59. The number of carbonyl (C=O) groups is 2. The molecule has 0 saturated heterocycles. The molecular formula is C27H29ClN2O6. The normalized spacial score (nSPS) is 14.2. The van der Waals surface area contributed by atoms with Crippen molar-refractivity contribution in [3.63, 3.8) is 0 Å². The predicted molar refractivity (Wildman–Crippen MR) is 136 cm³/mol. The van der Waals surface area contributed by atoms with Gasteiger partial charge in [-0.3, -0.25) is 14.5 Å². The molecule has 4 rings (SSSR count). The highest BCUT2D eigenvalue weighted by Gasteiger charge is 2.37. The molecule has 1 aliphatic carbocycles. The summed E-state index contributed by atoms with van der Waals surface area (Å²) >= 11 is 6.57. The lowest BCUT2D eigenvalue weighted by Crippen LogP contribution is -2.46. The maximum atomic E-state index is 14.0. The molecule has 1 aliphatic rings. The van der Waals surface area contributed by atoms with Gasteiger partial charge in [0.15, 0.2) is 17.3 Å². The van der Waals surface area contributed by atoms with Gasteiger partial charge in [-0.1, -0.05) is 36.6 Å². The molecule has 36 heavy (non-hydrogen) atoms. The van der Waals surface area contributed by atoms with Gasteiger partial charge in [-0.2, -0.15) is 0 Å². The van der Waals surface area contributed by atoms with Crippen LogP contribution in [-0.4, -0.2) is 39.2 Å². The highest BCUT2D eigenvalue weighted by atomic mass is 35.5. The quantitative estimate of drug-likeness (QED) is 0.412. The van der Waals surface area contributed by atoms with E-state index in [4.69, 9.17) is 30.2 Å². The molecule has 2 amide bonds. The van der Waals surface area contributed by atoms with Crippen molar-refractivity contribution in [3.05, 3.63) is 71.1 Å². The molecule has 1 saturated carbocycles. The van der Waals surface area contributed by atoms with E-state index in [1.54, 1.807) is 48.5 Å². The Morgan fingerprint density at radius 3 is 2.22 bits per heavy atom. The molecule has 3 aromatic rings. The summed E-state index contributed by atoms with van der Waals surface area (Å²) in [7, 11) is 4.49. The van der Waals surface area contributed by atoms with E-state index < -0.39 is 11.9 Å². The summed E-state index contributed by atoms with van der Waals surface area (Å²) in [6.45, 7) is 0. The van der Waals surface area contributed by atoms with Gasteiger partial charge >= 0.3 is 0 Å². The minimum Gasteiger partial charge on any atom is -0.493 e. The Morgan fingerprint density at radius 1 is 1.00 bits per heavy atom. The van der Waals surface area contributed by atoms with Crippen molar-refractivity contribution < 1.29 is 28.2 Å². The highest BCUT2D eigenvalue weighted by molar-refractivity contribution is 6.34. The fourth-order valence-electron chi connectivity index (χ4n) is 4.56. The molecule has 1 fully saturated rings. The van der Waals surface area contributed by atoms with E-state index in [0.717, 1.165) is 25.7 Å². The van der Waals surface area contributed by atoms with Gasteiger partial charge in [0.2, 0.25) is 11.7 Å². The lowest BCUT2D eigenvalue weighted by molar-refractivity contribution is -0.123. The zero-order valence-corrected chi connectivity index (χ0v) is 21.2. The summed E-state index contributed by atoms with van der Waals surface area (Å²) in [5.41, 5.74) is 0.820. The van der Waals surface area contributed by atoms with Crippen LogP contribution in [0.5, 0.6) is 17.2 Å². The van der Waals surface area contributed by atoms with Gasteiger partial charge in [0.05, 0.1) is 38.3 Å². The van der Waals surface area contributed by atoms with E-state index in [9.17, 15) is 9.59 Å². The van der Waals surface area contributed by atoms with Crippen molar-refractivity contribution >= 4 is 29.1 Å². The van der Waals surface area contributed by atoms with Gasteiger partial charge in [0.1, 0.15) is 6.04 Å². The van der Waals surface area contributed by atoms with Gasteiger partial charge in [-0.05, 0) is 54.8 Å². The molecule has 190 valence electrons. The first-order valence-corrected chi connectivity index (χ1v) is 12.1. The second-order valence-corrected chi connectivity index (χ2v) is 8.86. The number of ether oxygens (including phenoxy) is 3. The number of hydrogen-bond acceptors (Lipinski definition) is 6. The molecule has 2 aromatic carbocycles. The number of para-hydroxylation sites is 1. The van der Waals surface area contributed by atoms with E-state index in [1.165, 1.54) is 32.5 Å². The van der Waals surface area contributed by atoms with Gasteiger partial charge in [-0.15, -0.1) is 0 Å². The molecule has 0 unspecified atom stereocenters. The van der Waals surface area contributed by atoms with Crippen LogP contribution in [0.2, 0.25) is 5.02 Å². The second-order valence-electron chi connectivity index (χ2n) is 8.46. The van der Waals surface area contributed by atoms with E-state index in [0.29, 0.717) is 33.5 Å². The van der Waals surface area contributed by atoms with Crippen LogP contribution >= 0.6 is 11.6 Å². The maximum Gasteiger partial charge on any atom is 0.295 e. The Labute approximate surface area is 215 Å². The molecule has 0 aliphatic heterocycles. The number of benzene rings is 2. The standard InChI is InChI=1S/C27H29ClN2O6/c1-33-22-15-17(16-23(34-2)25(22)35-3)24(26(31)29-18-9-4-5-10-18)30(20-12-7-6-11-19(20)28)27(32)21-13-8-14-36-21/h6-8,11-16,18,24H,4-5,9-10H2,1-3H3,(H,29,31)/t24-/m1/s1. The number of anilines is 1. The van der Waals surface area contributed by atoms with Crippen molar-refractivity contribution in [2.45, 2.75) is 37.8 Å².